The Labute approximate surface area is 81.6 Å². The first-order chi connectivity index (χ1) is 6.68. The number of aliphatic carboxylic acids is 1. The number of ether oxygens (including phenoxy) is 1. The normalized spacial score (nSPS) is 32.6. The van der Waals surface area contributed by atoms with Gasteiger partial charge in [0.05, 0.1) is 18.6 Å². The summed E-state index contributed by atoms with van der Waals surface area (Å²) in [5, 5.41) is 8.85. The topological polar surface area (TPSA) is 66.8 Å². The van der Waals surface area contributed by atoms with E-state index >= 15 is 0 Å². The lowest BCUT2D eigenvalue weighted by Crippen LogP contribution is -2.54. The Kier molecular flexibility index (Phi) is 2.41. The second kappa shape index (κ2) is 3.57. The van der Waals surface area contributed by atoms with Crippen LogP contribution in [0, 0.1) is 5.92 Å². The SMILES string of the molecule is O=C(O)[C@H]1CC[C@@H]2COCC(=O)N2C1. The van der Waals surface area contributed by atoms with Crippen molar-refractivity contribution >= 4 is 11.9 Å². The standard InChI is InChI=1S/C9H13NO4/c11-8-5-14-4-7-2-1-6(9(12)13)3-10(7)8/h6-7H,1-5H2,(H,12,13)/t6-,7+/m0/s1. The van der Waals surface area contributed by atoms with E-state index in [-0.39, 0.29) is 18.6 Å². The molecule has 0 aromatic carbocycles. The van der Waals surface area contributed by atoms with Gasteiger partial charge in [-0.1, -0.05) is 0 Å². The van der Waals surface area contributed by atoms with Crippen LogP contribution < -0.4 is 0 Å². The fourth-order valence-corrected chi connectivity index (χ4v) is 2.07. The Balaban J connectivity index is 2.05. The van der Waals surface area contributed by atoms with E-state index in [0.717, 1.165) is 6.42 Å². The summed E-state index contributed by atoms with van der Waals surface area (Å²) in [6, 6.07) is 0.104. The summed E-state index contributed by atoms with van der Waals surface area (Å²) in [4.78, 5) is 23.8. The minimum absolute atomic E-state index is 0.0767. The number of fused-ring (bicyclic) bond motifs is 1. The molecule has 14 heavy (non-hydrogen) atoms. The Morgan fingerprint density at radius 2 is 2.29 bits per heavy atom. The van der Waals surface area contributed by atoms with Crippen LogP contribution in [0.2, 0.25) is 0 Å². The summed E-state index contributed by atoms with van der Waals surface area (Å²) in [5.74, 6) is -1.27. The van der Waals surface area contributed by atoms with Crippen LogP contribution in [-0.4, -0.2) is 47.7 Å². The molecule has 2 rings (SSSR count). The molecule has 0 saturated carbocycles. The van der Waals surface area contributed by atoms with Gasteiger partial charge < -0.3 is 14.7 Å². The number of hydrogen-bond donors (Lipinski definition) is 1. The van der Waals surface area contributed by atoms with E-state index in [1.807, 2.05) is 0 Å². The molecule has 1 N–H and O–H groups in total. The van der Waals surface area contributed by atoms with E-state index in [2.05, 4.69) is 0 Å². The molecule has 2 aliphatic rings. The van der Waals surface area contributed by atoms with Gasteiger partial charge in [0.25, 0.3) is 0 Å². The molecule has 2 atom stereocenters. The van der Waals surface area contributed by atoms with Gasteiger partial charge in [0, 0.05) is 6.54 Å². The molecule has 78 valence electrons. The number of carbonyl (C=O) groups is 2. The lowest BCUT2D eigenvalue weighted by molar-refractivity contribution is -0.157. The predicted molar refractivity (Wildman–Crippen MR) is 46.7 cm³/mol. The summed E-state index contributed by atoms with van der Waals surface area (Å²) in [6.07, 6.45) is 1.38. The monoisotopic (exact) mass is 199 g/mol. The maximum absolute atomic E-state index is 11.4. The zero-order chi connectivity index (χ0) is 10.1. The number of rotatable bonds is 1. The number of morpholine rings is 1. The number of piperidine rings is 1. The molecule has 1 amide bonds. The first-order valence-electron chi connectivity index (χ1n) is 4.78. The lowest BCUT2D eigenvalue weighted by atomic mass is 9.92. The van der Waals surface area contributed by atoms with E-state index < -0.39 is 11.9 Å². The molecule has 0 unspecified atom stereocenters. The number of carboxylic acid groups (broad SMARTS) is 1. The van der Waals surface area contributed by atoms with Crippen molar-refractivity contribution in [3.8, 4) is 0 Å². The van der Waals surface area contributed by atoms with Crippen molar-refractivity contribution in [1.29, 1.82) is 0 Å². The molecule has 0 radical (unpaired) electrons. The van der Waals surface area contributed by atoms with Gasteiger partial charge in [-0.2, -0.15) is 0 Å². The van der Waals surface area contributed by atoms with Gasteiger partial charge in [-0.15, -0.1) is 0 Å². The van der Waals surface area contributed by atoms with Crippen molar-refractivity contribution in [1.82, 2.24) is 4.90 Å². The highest BCUT2D eigenvalue weighted by Crippen LogP contribution is 2.24. The predicted octanol–water partition coefficient (Wildman–Crippen LogP) is -0.292. The molecular weight excluding hydrogens is 186 g/mol. The van der Waals surface area contributed by atoms with Crippen molar-refractivity contribution in [2.24, 2.45) is 5.92 Å². The lowest BCUT2D eigenvalue weighted by Gasteiger charge is -2.41. The maximum Gasteiger partial charge on any atom is 0.308 e. The summed E-state index contributed by atoms with van der Waals surface area (Å²) in [6.45, 7) is 1.00. The fraction of sp³-hybridized carbons (Fsp3) is 0.778. The first-order valence-corrected chi connectivity index (χ1v) is 4.78. The average molecular weight is 199 g/mol. The van der Waals surface area contributed by atoms with Crippen LogP contribution in [0.1, 0.15) is 12.8 Å². The fourth-order valence-electron chi connectivity index (χ4n) is 2.07. The van der Waals surface area contributed by atoms with E-state index in [4.69, 9.17) is 9.84 Å². The number of carboxylic acids is 1. The van der Waals surface area contributed by atoms with E-state index in [9.17, 15) is 9.59 Å². The van der Waals surface area contributed by atoms with Crippen LogP contribution >= 0.6 is 0 Å². The Morgan fingerprint density at radius 1 is 1.50 bits per heavy atom. The third kappa shape index (κ3) is 1.59. The summed E-state index contributed by atoms with van der Waals surface area (Å²) in [7, 11) is 0. The van der Waals surface area contributed by atoms with Crippen LogP contribution in [0.4, 0.5) is 0 Å². The Hall–Kier alpha value is -1.10. The molecule has 2 aliphatic heterocycles. The molecule has 2 fully saturated rings. The molecule has 5 heteroatoms. The van der Waals surface area contributed by atoms with E-state index in [1.54, 1.807) is 4.90 Å². The van der Waals surface area contributed by atoms with Crippen molar-refractivity contribution in [3.63, 3.8) is 0 Å². The van der Waals surface area contributed by atoms with Crippen LogP contribution in [0.15, 0.2) is 0 Å². The molecule has 0 aromatic heterocycles. The van der Waals surface area contributed by atoms with E-state index in [1.165, 1.54) is 0 Å². The second-order valence-electron chi connectivity index (χ2n) is 3.83. The van der Waals surface area contributed by atoms with Crippen LogP contribution in [0.5, 0.6) is 0 Å². The van der Waals surface area contributed by atoms with Crippen molar-refractivity contribution in [2.75, 3.05) is 19.8 Å². The van der Waals surface area contributed by atoms with Crippen LogP contribution in [0.25, 0.3) is 0 Å². The second-order valence-corrected chi connectivity index (χ2v) is 3.83. The van der Waals surface area contributed by atoms with Crippen molar-refractivity contribution in [3.05, 3.63) is 0 Å². The smallest absolute Gasteiger partial charge is 0.308 e. The van der Waals surface area contributed by atoms with Crippen LogP contribution in [-0.2, 0) is 14.3 Å². The van der Waals surface area contributed by atoms with Gasteiger partial charge in [0.1, 0.15) is 6.61 Å². The van der Waals surface area contributed by atoms with Gasteiger partial charge in [-0.25, -0.2) is 0 Å². The third-order valence-corrected chi connectivity index (χ3v) is 2.91. The zero-order valence-electron chi connectivity index (χ0n) is 7.81. The molecule has 5 nitrogen and oxygen atoms in total. The molecule has 0 aromatic rings. The summed E-state index contributed by atoms with van der Waals surface area (Å²) >= 11 is 0. The highest BCUT2D eigenvalue weighted by atomic mass is 16.5. The minimum Gasteiger partial charge on any atom is -0.481 e. The maximum atomic E-state index is 11.4. The highest BCUT2D eigenvalue weighted by molar-refractivity contribution is 5.80. The van der Waals surface area contributed by atoms with Gasteiger partial charge in [-0.05, 0) is 12.8 Å². The number of carbonyl (C=O) groups excluding carboxylic acids is 1. The zero-order valence-corrected chi connectivity index (χ0v) is 7.81. The molecular formula is C9H13NO4. The quantitative estimate of drug-likeness (QED) is 0.630. The molecule has 0 aliphatic carbocycles. The van der Waals surface area contributed by atoms with Crippen LogP contribution in [0.3, 0.4) is 0 Å². The first kappa shape index (κ1) is 9.45. The van der Waals surface area contributed by atoms with Gasteiger partial charge >= 0.3 is 5.97 Å². The van der Waals surface area contributed by atoms with Crippen molar-refractivity contribution < 1.29 is 19.4 Å². The molecule has 2 heterocycles. The number of nitrogens with zero attached hydrogens (tertiary/aromatic N) is 1. The largest absolute Gasteiger partial charge is 0.481 e. The Morgan fingerprint density at radius 3 is 3.00 bits per heavy atom. The summed E-state index contributed by atoms with van der Waals surface area (Å²) < 4.78 is 5.11. The average Bonchev–Trinajstić information content (AvgIpc) is 2.18. The minimum atomic E-state index is -0.803. The molecule has 0 bridgehead atoms. The van der Waals surface area contributed by atoms with E-state index in [0.29, 0.717) is 19.6 Å². The van der Waals surface area contributed by atoms with Crippen molar-refractivity contribution in [2.45, 2.75) is 18.9 Å². The summed E-state index contributed by atoms with van der Waals surface area (Å²) in [5.41, 5.74) is 0. The van der Waals surface area contributed by atoms with Gasteiger partial charge in [0.15, 0.2) is 0 Å². The molecule has 2 saturated heterocycles. The molecule has 0 spiro atoms. The van der Waals surface area contributed by atoms with Gasteiger partial charge in [0.2, 0.25) is 5.91 Å². The number of hydrogen-bond acceptors (Lipinski definition) is 3. The van der Waals surface area contributed by atoms with Gasteiger partial charge in [-0.3, -0.25) is 9.59 Å². The number of amides is 1. The third-order valence-electron chi connectivity index (χ3n) is 2.91. The highest BCUT2D eigenvalue weighted by Gasteiger charge is 2.36. The Bertz CT molecular complexity index is 266.